The van der Waals surface area contributed by atoms with E-state index in [1.807, 2.05) is 24.3 Å². The molecule has 4 rings (SSSR count). The minimum absolute atomic E-state index is 0.0472. The number of carboxylic acids is 1. The maximum absolute atomic E-state index is 12.4. The summed E-state index contributed by atoms with van der Waals surface area (Å²) in [6.45, 7) is 0. The lowest BCUT2D eigenvalue weighted by molar-refractivity contribution is -0.115. The van der Waals surface area contributed by atoms with Gasteiger partial charge in [0.05, 0.1) is 23.8 Å². The van der Waals surface area contributed by atoms with Crippen LogP contribution < -0.4 is 14.8 Å². The topological polar surface area (TPSA) is 105 Å². The SMILES string of the molecule is O=C(Cc1ccc(Oc2ccc(OC3CCCCC3O)cc2)cc1)Nc1ccccc1C(=O)O. The standard InChI is InChI=1S/C27H27NO6/c29-24-7-3-4-8-25(24)34-21-15-13-20(14-16-21)33-19-11-9-18(10-12-19)17-26(30)28-23-6-2-1-5-22(23)27(31)32/h1-2,5-6,9-16,24-25,29H,3-4,7-8,17H2,(H,28,30)(H,31,32). The Morgan fingerprint density at radius 3 is 2.15 bits per heavy atom. The van der Waals surface area contributed by atoms with Gasteiger partial charge >= 0.3 is 5.97 Å². The molecule has 7 nitrogen and oxygen atoms in total. The average molecular weight is 462 g/mol. The number of aromatic carboxylic acids is 1. The number of rotatable bonds is 8. The molecule has 0 heterocycles. The van der Waals surface area contributed by atoms with Gasteiger partial charge in [0.15, 0.2) is 0 Å². The molecule has 0 bridgehead atoms. The predicted molar refractivity (Wildman–Crippen MR) is 128 cm³/mol. The number of carbonyl (C=O) groups is 2. The number of carbonyl (C=O) groups excluding carboxylic acids is 1. The Labute approximate surface area is 198 Å². The highest BCUT2D eigenvalue weighted by atomic mass is 16.5. The van der Waals surface area contributed by atoms with Crippen LogP contribution in [0.4, 0.5) is 5.69 Å². The molecule has 0 saturated heterocycles. The van der Waals surface area contributed by atoms with Gasteiger partial charge in [-0.15, -0.1) is 0 Å². The van der Waals surface area contributed by atoms with E-state index in [0.29, 0.717) is 17.2 Å². The molecule has 0 aliphatic heterocycles. The second kappa shape index (κ2) is 10.9. The molecule has 0 radical (unpaired) electrons. The fourth-order valence-electron chi connectivity index (χ4n) is 3.95. The lowest BCUT2D eigenvalue weighted by Crippen LogP contribution is -2.34. The van der Waals surface area contributed by atoms with E-state index in [9.17, 15) is 19.8 Å². The summed E-state index contributed by atoms with van der Waals surface area (Å²) in [5.74, 6) is 0.567. The molecule has 2 unspecified atom stereocenters. The molecule has 3 aromatic carbocycles. The first-order chi connectivity index (χ1) is 16.5. The zero-order valence-electron chi connectivity index (χ0n) is 18.6. The van der Waals surface area contributed by atoms with Gasteiger partial charge in [-0.2, -0.15) is 0 Å². The van der Waals surface area contributed by atoms with Gasteiger partial charge in [0.25, 0.3) is 0 Å². The number of aliphatic hydroxyl groups is 1. The Kier molecular flexibility index (Phi) is 7.44. The number of hydrogen-bond acceptors (Lipinski definition) is 5. The van der Waals surface area contributed by atoms with Crippen molar-refractivity contribution in [1.29, 1.82) is 0 Å². The molecule has 1 aliphatic carbocycles. The fraction of sp³-hybridized carbons (Fsp3) is 0.259. The second-order valence-electron chi connectivity index (χ2n) is 8.30. The number of benzene rings is 3. The summed E-state index contributed by atoms with van der Waals surface area (Å²) in [7, 11) is 0. The molecule has 1 fully saturated rings. The first-order valence-corrected chi connectivity index (χ1v) is 11.3. The van der Waals surface area contributed by atoms with Crippen molar-refractivity contribution in [3.8, 4) is 17.2 Å². The number of aliphatic hydroxyl groups excluding tert-OH is 1. The van der Waals surface area contributed by atoms with Crippen molar-refractivity contribution in [2.24, 2.45) is 0 Å². The average Bonchev–Trinajstić information content (AvgIpc) is 2.83. The molecule has 34 heavy (non-hydrogen) atoms. The first-order valence-electron chi connectivity index (χ1n) is 11.3. The van der Waals surface area contributed by atoms with Gasteiger partial charge in [0, 0.05) is 0 Å². The van der Waals surface area contributed by atoms with Crippen LogP contribution >= 0.6 is 0 Å². The number of nitrogens with one attached hydrogen (secondary N) is 1. The van der Waals surface area contributed by atoms with E-state index in [1.54, 1.807) is 42.5 Å². The van der Waals surface area contributed by atoms with Gasteiger partial charge in [-0.25, -0.2) is 4.79 Å². The van der Waals surface area contributed by atoms with E-state index in [0.717, 1.165) is 31.2 Å². The number of anilines is 1. The predicted octanol–water partition coefficient (Wildman–Crippen LogP) is 5.04. The zero-order valence-corrected chi connectivity index (χ0v) is 18.6. The van der Waals surface area contributed by atoms with Gasteiger partial charge in [-0.1, -0.05) is 30.7 Å². The van der Waals surface area contributed by atoms with Crippen LogP contribution in [0.1, 0.15) is 41.6 Å². The third-order valence-electron chi connectivity index (χ3n) is 5.73. The molecule has 0 aromatic heterocycles. The number of ether oxygens (including phenoxy) is 2. The van der Waals surface area contributed by atoms with Crippen molar-refractivity contribution in [2.45, 2.75) is 44.3 Å². The van der Waals surface area contributed by atoms with Gasteiger partial charge in [-0.3, -0.25) is 4.79 Å². The maximum Gasteiger partial charge on any atom is 0.337 e. The Bertz CT molecular complexity index is 1130. The Balaban J connectivity index is 1.30. The third-order valence-corrected chi connectivity index (χ3v) is 5.73. The van der Waals surface area contributed by atoms with Crippen molar-refractivity contribution in [3.63, 3.8) is 0 Å². The van der Waals surface area contributed by atoms with Crippen LogP contribution in [0.2, 0.25) is 0 Å². The highest BCUT2D eigenvalue weighted by Gasteiger charge is 2.24. The van der Waals surface area contributed by atoms with E-state index in [1.165, 1.54) is 6.07 Å². The molecular formula is C27H27NO6. The minimum Gasteiger partial charge on any atom is -0.488 e. The molecule has 1 aliphatic rings. The summed E-state index contributed by atoms with van der Waals surface area (Å²) in [5, 5.41) is 22.0. The number of carboxylic acid groups (broad SMARTS) is 1. The Morgan fingerprint density at radius 1 is 0.853 bits per heavy atom. The summed E-state index contributed by atoms with van der Waals surface area (Å²) >= 11 is 0. The number of amides is 1. The molecular weight excluding hydrogens is 434 g/mol. The van der Waals surface area contributed by atoms with Crippen LogP contribution in [-0.4, -0.2) is 34.3 Å². The number of para-hydroxylation sites is 1. The summed E-state index contributed by atoms with van der Waals surface area (Å²) in [4.78, 5) is 23.7. The summed E-state index contributed by atoms with van der Waals surface area (Å²) in [5.41, 5.74) is 1.09. The van der Waals surface area contributed by atoms with E-state index in [-0.39, 0.29) is 29.7 Å². The van der Waals surface area contributed by atoms with E-state index < -0.39 is 12.1 Å². The molecule has 0 spiro atoms. The van der Waals surface area contributed by atoms with Crippen LogP contribution in [0, 0.1) is 0 Å². The molecule has 2 atom stereocenters. The monoisotopic (exact) mass is 461 g/mol. The molecule has 1 saturated carbocycles. The molecule has 3 aromatic rings. The van der Waals surface area contributed by atoms with E-state index >= 15 is 0 Å². The number of hydrogen-bond donors (Lipinski definition) is 3. The van der Waals surface area contributed by atoms with Crippen molar-refractivity contribution in [1.82, 2.24) is 0 Å². The largest absolute Gasteiger partial charge is 0.488 e. The molecule has 3 N–H and O–H groups in total. The van der Waals surface area contributed by atoms with Crippen molar-refractivity contribution >= 4 is 17.6 Å². The van der Waals surface area contributed by atoms with Crippen LogP contribution in [0.3, 0.4) is 0 Å². The Hall–Kier alpha value is -3.84. The lowest BCUT2D eigenvalue weighted by Gasteiger charge is -2.28. The van der Waals surface area contributed by atoms with Gasteiger partial charge < -0.3 is 25.0 Å². The van der Waals surface area contributed by atoms with Crippen LogP contribution in [-0.2, 0) is 11.2 Å². The highest BCUT2D eigenvalue weighted by Crippen LogP contribution is 2.27. The Morgan fingerprint density at radius 2 is 1.47 bits per heavy atom. The summed E-state index contributed by atoms with van der Waals surface area (Å²) in [6.07, 6.45) is 3.26. The summed E-state index contributed by atoms with van der Waals surface area (Å²) < 4.78 is 11.8. The van der Waals surface area contributed by atoms with Crippen LogP contribution in [0.5, 0.6) is 17.2 Å². The highest BCUT2D eigenvalue weighted by molar-refractivity contribution is 6.00. The molecule has 7 heteroatoms. The third kappa shape index (κ3) is 6.14. The normalized spacial score (nSPS) is 17.6. The zero-order chi connectivity index (χ0) is 23.9. The minimum atomic E-state index is -1.09. The van der Waals surface area contributed by atoms with Crippen LogP contribution in [0.15, 0.2) is 72.8 Å². The van der Waals surface area contributed by atoms with Gasteiger partial charge in [0.2, 0.25) is 5.91 Å². The van der Waals surface area contributed by atoms with Crippen LogP contribution in [0.25, 0.3) is 0 Å². The van der Waals surface area contributed by atoms with Crippen molar-refractivity contribution < 1.29 is 29.3 Å². The quantitative estimate of drug-likeness (QED) is 0.434. The lowest BCUT2D eigenvalue weighted by atomic mass is 9.95. The smallest absolute Gasteiger partial charge is 0.337 e. The van der Waals surface area contributed by atoms with Crippen molar-refractivity contribution in [2.75, 3.05) is 5.32 Å². The van der Waals surface area contributed by atoms with Gasteiger partial charge in [-0.05, 0) is 73.4 Å². The molecule has 1 amide bonds. The fourth-order valence-corrected chi connectivity index (χ4v) is 3.95. The van der Waals surface area contributed by atoms with E-state index in [4.69, 9.17) is 9.47 Å². The second-order valence-corrected chi connectivity index (χ2v) is 8.30. The van der Waals surface area contributed by atoms with E-state index in [2.05, 4.69) is 5.32 Å². The summed E-state index contributed by atoms with van der Waals surface area (Å²) in [6, 6.07) is 20.7. The maximum atomic E-state index is 12.4. The first kappa shape index (κ1) is 23.3. The van der Waals surface area contributed by atoms with Crippen molar-refractivity contribution in [3.05, 3.63) is 83.9 Å². The van der Waals surface area contributed by atoms with Gasteiger partial charge in [0.1, 0.15) is 23.4 Å². The molecule has 176 valence electrons.